The van der Waals surface area contributed by atoms with Gasteiger partial charge in [0.25, 0.3) is 0 Å². The molecule has 0 unspecified atom stereocenters. The van der Waals surface area contributed by atoms with Crippen LogP contribution < -0.4 is 0 Å². The van der Waals surface area contributed by atoms with Gasteiger partial charge in [0, 0.05) is 0 Å². The summed E-state index contributed by atoms with van der Waals surface area (Å²) in [6.07, 6.45) is 4.48. The summed E-state index contributed by atoms with van der Waals surface area (Å²) in [5, 5.41) is 9.08. The predicted molar refractivity (Wildman–Crippen MR) is 49.2 cm³/mol. The van der Waals surface area contributed by atoms with Crippen LogP contribution in [-0.2, 0) is 9.53 Å². The van der Waals surface area contributed by atoms with Crippen molar-refractivity contribution in [1.29, 1.82) is 0 Å². The van der Waals surface area contributed by atoms with Crippen LogP contribution in [0.1, 0.15) is 32.6 Å². The van der Waals surface area contributed by atoms with Crippen molar-refractivity contribution < 1.29 is 14.6 Å². The first-order valence-corrected chi connectivity index (χ1v) is 5.07. The molecule has 0 bridgehead atoms. The molecule has 0 aromatic carbocycles. The Morgan fingerprint density at radius 2 is 2.15 bits per heavy atom. The highest BCUT2D eigenvalue weighted by Crippen LogP contribution is 2.31. The van der Waals surface area contributed by atoms with Crippen molar-refractivity contribution in [2.24, 2.45) is 11.8 Å². The van der Waals surface area contributed by atoms with Gasteiger partial charge in [0.15, 0.2) is 0 Å². The summed E-state index contributed by atoms with van der Waals surface area (Å²) in [5.74, 6) is -0.150. The lowest BCUT2D eigenvalue weighted by molar-refractivity contribution is -0.151. The van der Waals surface area contributed by atoms with Gasteiger partial charge < -0.3 is 9.84 Å². The predicted octanol–water partition coefficient (Wildman–Crippen LogP) is 1.35. The molecule has 1 saturated carbocycles. The Balaban J connectivity index is 2.44. The van der Waals surface area contributed by atoms with Crippen LogP contribution in [-0.4, -0.2) is 24.3 Å². The smallest absolute Gasteiger partial charge is 0.311 e. The van der Waals surface area contributed by atoms with Crippen LogP contribution in [0.4, 0.5) is 0 Å². The number of esters is 1. The van der Waals surface area contributed by atoms with E-state index in [2.05, 4.69) is 0 Å². The Hall–Kier alpha value is -0.570. The molecule has 1 fully saturated rings. The molecule has 3 heteroatoms. The number of hydrogen-bond donors (Lipinski definition) is 1. The first-order valence-electron chi connectivity index (χ1n) is 5.07. The third-order valence-electron chi connectivity index (χ3n) is 2.75. The Morgan fingerprint density at radius 3 is 2.62 bits per heavy atom. The van der Waals surface area contributed by atoms with E-state index >= 15 is 0 Å². The van der Waals surface area contributed by atoms with Crippen molar-refractivity contribution in [2.75, 3.05) is 13.2 Å². The fourth-order valence-corrected chi connectivity index (χ4v) is 2.03. The van der Waals surface area contributed by atoms with E-state index in [0.29, 0.717) is 12.5 Å². The highest BCUT2D eigenvalue weighted by Gasteiger charge is 2.30. The molecule has 0 radical (unpaired) electrons. The molecule has 13 heavy (non-hydrogen) atoms. The topological polar surface area (TPSA) is 46.5 Å². The minimum Gasteiger partial charge on any atom is -0.466 e. The summed E-state index contributed by atoms with van der Waals surface area (Å²) in [7, 11) is 0. The Bertz CT molecular complexity index is 162. The average molecular weight is 186 g/mol. The summed E-state index contributed by atoms with van der Waals surface area (Å²) in [6, 6.07) is 0. The third-order valence-corrected chi connectivity index (χ3v) is 2.75. The van der Waals surface area contributed by atoms with Gasteiger partial charge in [0.2, 0.25) is 0 Å². The molecule has 1 aliphatic rings. The minimum atomic E-state index is -0.276. The lowest BCUT2D eigenvalue weighted by Gasteiger charge is -2.18. The molecule has 0 spiro atoms. The van der Waals surface area contributed by atoms with Crippen LogP contribution in [0.5, 0.6) is 0 Å². The van der Waals surface area contributed by atoms with Crippen molar-refractivity contribution >= 4 is 5.97 Å². The molecular formula is C10H18O3. The van der Waals surface area contributed by atoms with Gasteiger partial charge in [-0.15, -0.1) is 0 Å². The molecule has 0 saturated heterocycles. The molecule has 1 aliphatic carbocycles. The van der Waals surface area contributed by atoms with E-state index in [1.165, 1.54) is 12.8 Å². The largest absolute Gasteiger partial charge is 0.466 e. The molecule has 1 rings (SSSR count). The van der Waals surface area contributed by atoms with Crippen LogP contribution >= 0.6 is 0 Å². The quantitative estimate of drug-likeness (QED) is 0.674. The van der Waals surface area contributed by atoms with Gasteiger partial charge in [-0.05, 0) is 25.7 Å². The van der Waals surface area contributed by atoms with E-state index in [4.69, 9.17) is 9.84 Å². The molecule has 0 aliphatic heterocycles. The Kier molecular flexibility index (Phi) is 4.22. The zero-order chi connectivity index (χ0) is 9.68. The van der Waals surface area contributed by atoms with Gasteiger partial charge in [-0.2, -0.15) is 0 Å². The van der Waals surface area contributed by atoms with Gasteiger partial charge in [-0.3, -0.25) is 4.79 Å². The van der Waals surface area contributed by atoms with Crippen molar-refractivity contribution in [1.82, 2.24) is 0 Å². The van der Waals surface area contributed by atoms with E-state index < -0.39 is 0 Å². The first-order chi connectivity index (χ1) is 6.29. The maximum Gasteiger partial charge on any atom is 0.311 e. The Morgan fingerprint density at radius 1 is 1.54 bits per heavy atom. The number of hydrogen-bond acceptors (Lipinski definition) is 3. The van der Waals surface area contributed by atoms with Crippen molar-refractivity contribution in [3.63, 3.8) is 0 Å². The average Bonchev–Trinajstić information content (AvgIpc) is 2.59. The molecule has 0 amide bonds. The van der Waals surface area contributed by atoms with Crippen molar-refractivity contribution in [3.8, 4) is 0 Å². The summed E-state index contributed by atoms with van der Waals surface area (Å²) in [5.41, 5.74) is 0. The molecule has 1 N–H and O–H groups in total. The van der Waals surface area contributed by atoms with Crippen LogP contribution in [0.15, 0.2) is 0 Å². The lowest BCUT2D eigenvalue weighted by atomic mass is 9.92. The second kappa shape index (κ2) is 5.22. The maximum atomic E-state index is 11.4. The highest BCUT2D eigenvalue weighted by atomic mass is 16.5. The standard InChI is InChI=1S/C10H18O3/c1-2-13-10(12)9(7-11)8-5-3-4-6-8/h8-9,11H,2-7H2,1H3/t9-/m0/s1. The fraction of sp³-hybridized carbons (Fsp3) is 0.900. The number of ether oxygens (including phenoxy) is 1. The monoisotopic (exact) mass is 186 g/mol. The maximum absolute atomic E-state index is 11.4. The second-order valence-electron chi connectivity index (χ2n) is 3.59. The van der Waals surface area contributed by atoms with Gasteiger partial charge in [-0.1, -0.05) is 12.8 Å². The van der Waals surface area contributed by atoms with Gasteiger partial charge in [-0.25, -0.2) is 0 Å². The number of carbonyl (C=O) groups is 1. The van der Waals surface area contributed by atoms with Gasteiger partial charge >= 0.3 is 5.97 Å². The van der Waals surface area contributed by atoms with E-state index in [-0.39, 0.29) is 18.5 Å². The first kappa shape index (κ1) is 10.5. The SMILES string of the molecule is CCOC(=O)[C@@H](CO)C1CCCC1. The fourth-order valence-electron chi connectivity index (χ4n) is 2.03. The molecule has 76 valence electrons. The summed E-state index contributed by atoms with van der Waals surface area (Å²) in [4.78, 5) is 11.4. The van der Waals surface area contributed by atoms with Gasteiger partial charge in [0.1, 0.15) is 0 Å². The third kappa shape index (κ3) is 2.69. The van der Waals surface area contributed by atoms with Crippen LogP contribution in [0.25, 0.3) is 0 Å². The second-order valence-corrected chi connectivity index (χ2v) is 3.59. The molecular weight excluding hydrogens is 168 g/mol. The molecule has 0 aromatic heterocycles. The number of aliphatic hydroxyl groups excluding tert-OH is 1. The van der Waals surface area contributed by atoms with Gasteiger partial charge in [0.05, 0.1) is 19.1 Å². The van der Waals surface area contributed by atoms with Crippen LogP contribution in [0.3, 0.4) is 0 Å². The summed E-state index contributed by atoms with van der Waals surface area (Å²) < 4.78 is 4.91. The molecule has 1 atom stereocenters. The Labute approximate surface area is 79.1 Å². The summed E-state index contributed by atoms with van der Waals surface area (Å²) >= 11 is 0. The van der Waals surface area contributed by atoms with E-state index in [9.17, 15) is 4.79 Å². The number of carbonyl (C=O) groups excluding carboxylic acids is 1. The molecule has 0 aromatic rings. The van der Waals surface area contributed by atoms with Crippen molar-refractivity contribution in [3.05, 3.63) is 0 Å². The van der Waals surface area contributed by atoms with Crippen molar-refractivity contribution in [2.45, 2.75) is 32.6 Å². The number of aliphatic hydroxyl groups is 1. The van der Waals surface area contributed by atoms with Crippen LogP contribution in [0, 0.1) is 11.8 Å². The zero-order valence-electron chi connectivity index (χ0n) is 8.16. The molecule has 0 heterocycles. The molecule has 3 nitrogen and oxygen atoms in total. The normalized spacial score (nSPS) is 20.2. The van der Waals surface area contributed by atoms with Crippen LogP contribution in [0.2, 0.25) is 0 Å². The zero-order valence-corrected chi connectivity index (χ0v) is 8.16. The summed E-state index contributed by atoms with van der Waals surface area (Å²) in [6.45, 7) is 2.13. The highest BCUT2D eigenvalue weighted by molar-refractivity contribution is 5.72. The number of rotatable bonds is 4. The van der Waals surface area contributed by atoms with E-state index in [0.717, 1.165) is 12.8 Å². The minimum absolute atomic E-state index is 0.0660. The van der Waals surface area contributed by atoms with E-state index in [1.54, 1.807) is 6.92 Å². The van der Waals surface area contributed by atoms with E-state index in [1.807, 2.05) is 0 Å². The lowest BCUT2D eigenvalue weighted by Crippen LogP contribution is -2.27.